The topological polar surface area (TPSA) is 111 Å². The van der Waals surface area contributed by atoms with Gasteiger partial charge in [0.25, 0.3) is 5.78 Å². The van der Waals surface area contributed by atoms with Gasteiger partial charge in [-0.05, 0) is 80.1 Å². The van der Waals surface area contributed by atoms with Gasteiger partial charge in [-0.1, -0.05) is 72.8 Å². The van der Waals surface area contributed by atoms with Crippen LogP contribution in [0, 0.1) is 12.8 Å². The largest absolute Gasteiger partial charge is 0.507 e. The van der Waals surface area contributed by atoms with Crippen LogP contribution in [0.5, 0.6) is 17.2 Å². The summed E-state index contributed by atoms with van der Waals surface area (Å²) in [6.45, 7) is 11.1. The quantitative estimate of drug-likeness (QED) is 0.0523. The zero-order valence-corrected chi connectivity index (χ0v) is 29.3. The average molecular weight is 686 g/mol. The Hall–Kier alpha value is -4.35. The van der Waals surface area contributed by atoms with Gasteiger partial charge in [0.1, 0.15) is 17.6 Å². The predicted molar refractivity (Wildman–Crippen MR) is 188 cm³/mol. The third kappa shape index (κ3) is 7.07. The van der Waals surface area contributed by atoms with Crippen molar-refractivity contribution in [3.05, 3.63) is 94.1 Å². The first-order valence-electron chi connectivity index (χ1n) is 16.1. The maximum Gasteiger partial charge on any atom is 0.301 e. The van der Waals surface area contributed by atoms with E-state index in [0.29, 0.717) is 58.3 Å². The Bertz CT molecular complexity index is 1850. The highest BCUT2D eigenvalue weighted by Crippen LogP contribution is 2.46. The first-order chi connectivity index (χ1) is 23.1. The Morgan fingerprint density at radius 3 is 2.60 bits per heavy atom. The number of carbonyl (C=O) groups excluding carboxylic acids is 2. The highest BCUT2D eigenvalue weighted by Gasteiger charge is 2.48. The number of hydrogen-bond acceptors (Lipinski definition) is 10. The van der Waals surface area contributed by atoms with Gasteiger partial charge in [-0.2, -0.15) is 0 Å². The highest BCUT2D eigenvalue weighted by atomic mass is 32.2. The molecule has 1 N–H and O–H groups in total. The fraction of sp³-hybridized carbons (Fsp3) is 0.351. The van der Waals surface area contributed by atoms with Crippen molar-refractivity contribution in [3.8, 4) is 17.2 Å². The second kappa shape index (κ2) is 14.4. The lowest BCUT2D eigenvalue weighted by atomic mass is 9.94. The number of fused-ring (bicyclic) bond motifs is 1. The van der Waals surface area contributed by atoms with Gasteiger partial charge >= 0.3 is 5.91 Å². The van der Waals surface area contributed by atoms with E-state index in [2.05, 4.69) is 48.3 Å². The molecule has 6 rings (SSSR count). The lowest BCUT2D eigenvalue weighted by molar-refractivity contribution is -0.132. The second-order valence-corrected chi connectivity index (χ2v) is 14.6. The SMILES string of the molecule is CCOc1cc([C@H]2C(=C(O)c3ccc4c(c3)C[C@H](C)O4)C(=O)C(=O)N2c2nnc(SCc3ccc(C)cc3)s2)ccc1OCCC(C)C. The summed E-state index contributed by atoms with van der Waals surface area (Å²) in [5.74, 6) is 1.08. The summed E-state index contributed by atoms with van der Waals surface area (Å²) in [4.78, 5) is 29.1. The molecule has 48 heavy (non-hydrogen) atoms. The smallest absolute Gasteiger partial charge is 0.301 e. The molecule has 0 unspecified atom stereocenters. The molecule has 4 aromatic rings. The van der Waals surface area contributed by atoms with Crippen molar-refractivity contribution < 1.29 is 28.9 Å². The van der Waals surface area contributed by atoms with E-state index in [1.807, 2.05) is 26.8 Å². The standard InChI is InChI=1S/C37H39N3O6S2/c1-6-44-30-19-25(11-14-29(30)45-16-15-21(2)3)32-31(33(41)26-12-13-28-27(18-26)17-23(5)46-28)34(42)35(43)40(32)36-38-39-37(48-36)47-20-24-9-7-22(4)8-10-24/h7-14,18-19,21,23,32,41H,6,15-17,20H2,1-5H3/t23-,32-/m0/s1. The summed E-state index contributed by atoms with van der Waals surface area (Å²) < 4.78 is 18.6. The number of carbonyl (C=O) groups is 2. The number of aliphatic hydroxyl groups is 1. The Morgan fingerprint density at radius 2 is 1.85 bits per heavy atom. The molecule has 2 aliphatic rings. The number of ketones is 1. The monoisotopic (exact) mass is 685 g/mol. The summed E-state index contributed by atoms with van der Waals surface area (Å²) in [6, 6.07) is 18.0. The second-order valence-electron chi connectivity index (χ2n) is 12.4. The molecule has 1 amide bonds. The molecule has 9 nitrogen and oxygen atoms in total. The molecule has 1 aromatic heterocycles. The molecule has 0 aliphatic carbocycles. The van der Waals surface area contributed by atoms with Gasteiger partial charge in [0.15, 0.2) is 15.8 Å². The number of benzene rings is 3. The van der Waals surface area contributed by atoms with E-state index in [9.17, 15) is 14.7 Å². The van der Waals surface area contributed by atoms with Crippen molar-refractivity contribution in [1.82, 2.24) is 10.2 Å². The van der Waals surface area contributed by atoms with Crippen molar-refractivity contribution in [3.63, 3.8) is 0 Å². The maximum atomic E-state index is 13.9. The molecule has 1 saturated heterocycles. The number of thioether (sulfide) groups is 1. The summed E-state index contributed by atoms with van der Waals surface area (Å²) in [7, 11) is 0. The zero-order chi connectivity index (χ0) is 33.9. The number of amides is 1. The van der Waals surface area contributed by atoms with E-state index < -0.39 is 17.7 Å². The molecule has 0 spiro atoms. The average Bonchev–Trinajstić information content (AvgIpc) is 3.75. The molecule has 1 fully saturated rings. The molecule has 2 atom stereocenters. The van der Waals surface area contributed by atoms with Crippen LogP contribution in [-0.2, 0) is 21.8 Å². The van der Waals surface area contributed by atoms with Gasteiger partial charge in [-0.15, -0.1) is 10.2 Å². The number of ether oxygens (including phenoxy) is 3. The van der Waals surface area contributed by atoms with E-state index >= 15 is 0 Å². The van der Waals surface area contributed by atoms with Gasteiger partial charge in [-0.25, -0.2) is 0 Å². The van der Waals surface area contributed by atoms with E-state index in [1.165, 1.54) is 33.6 Å². The van der Waals surface area contributed by atoms with Gasteiger partial charge in [0.2, 0.25) is 5.13 Å². The Balaban J connectivity index is 1.40. The number of hydrogen-bond donors (Lipinski definition) is 1. The lowest BCUT2D eigenvalue weighted by Gasteiger charge is -2.24. The minimum atomic E-state index is -0.986. The fourth-order valence-corrected chi connectivity index (χ4v) is 7.57. The van der Waals surface area contributed by atoms with Crippen LogP contribution in [0.25, 0.3) is 5.76 Å². The summed E-state index contributed by atoms with van der Waals surface area (Å²) in [5, 5.41) is 20.8. The number of Topliss-reactive ketones (excluding diaryl/α,β-unsaturated/α-hetero) is 1. The first-order valence-corrected chi connectivity index (χ1v) is 18.0. The van der Waals surface area contributed by atoms with Crippen LogP contribution in [0.4, 0.5) is 5.13 Å². The van der Waals surface area contributed by atoms with Crippen molar-refractivity contribution >= 4 is 45.7 Å². The number of anilines is 1. The van der Waals surface area contributed by atoms with Crippen LogP contribution in [0.2, 0.25) is 0 Å². The van der Waals surface area contributed by atoms with Gasteiger partial charge < -0.3 is 19.3 Å². The Morgan fingerprint density at radius 1 is 1.06 bits per heavy atom. The van der Waals surface area contributed by atoms with Crippen molar-refractivity contribution in [1.29, 1.82) is 0 Å². The molecule has 11 heteroatoms. The zero-order valence-electron chi connectivity index (χ0n) is 27.7. The van der Waals surface area contributed by atoms with Crippen LogP contribution in [0.3, 0.4) is 0 Å². The summed E-state index contributed by atoms with van der Waals surface area (Å²) in [6.07, 6.45) is 1.56. The number of rotatable bonds is 12. The molecule has 250 valence electrons. The Labute approximate surface area is 288 Å². The van der Waals surface area contributed by atoms with Crippen LogP contribution >= 0.6 is 23.1 Å². The molecular formula is C37H39N3O6S2. The minimum Gasteiger partial charge on any atom is -0.507 e. The van der Waals surface area contributed by atoms with E-state index in [1.54, 1.807) is 30.3 Å². The number of aliphatic hydroxyl groups excluding tert-OH is 1. The normalized spacial score (nSPS) is 18.3. The number of nitrogens with zero attached hydrogens (tertiary/aromatic N) is 3. The van der Waals surface area contributed by atoms with Gasteiger partial charge in [-0.3, -0.25) is 14.5 Å². The fourth-order valence-electron chi connectivity index (χ4n) is 5.74. The third-order valence-electron chi connectivity index (χ3n) is 8.23. The summed E-state index contributed by atoms with van der Waals surface area (Å²) >= 11 is 2.74. The van der Waals surface area contributed by atoms with Gasteiger partial charge in [0, 0.05) is 17.7 Å². The molecule has 2 aliphatic heterocycles. The van der Waals surface area contributed by atoms with Crippen LogP contribution in [-0.4, -0.2) is 46.3 Å². The van der Waals surface area contributed by atoms with Crippen molar-refractivity contribution in [2.75, 3.05) is 18.1 Å². The molecule has 0 bridgehead atoms. The van der Waals surface area contributed by atoms with Crippen molar-refractivity contribution in [2.24, 2.45) is 5.92 Å². The van der Waals surface area contributed by atoms with Crippen LogP contribution < -0.4 is 19.1 Å². The molecular weight excluding hydrogens is 647 g/mol. The summed E-state index contributed by atoms with van der Waals surface area (Å²) in [5.41, 5.74) is 4.21. The third-order valence-corrected chi connectivity index (χ3v) is 10.4. The number of aromatic nitrogens is 2. The molecule has 0 saturated carbocycles. The van der Waals surface area contributed by atoms with E-state index in [-0.39, 0.29) is 22.6 Å². The molecule has 3 heterocycles. The maximum absolute atomic E-state index is 13.9. The van der Waals surface area contributed by atoms with Gasteiger partial charge in [0.05, 0.1) is 24.8 Å². The molecule has 3 aromatic carbocycles. The molecule has 0 radical (unpaired) electrons. The minimum absolute atomic E-state index is 0.0108. The van der Waals surface area contributed by atoms with Crippen LogP contribution in [0.15, 0.2) is 70.6 Å². The van der Waals surface area contributed by atoms with E-state index in [0.717, 1.165) is 23.3 Å². The Kier molecular flexibility index (Phi) is 10.1. The lowest BCUT2D eigenvalue weighted by Crippen LogP contribution is -2.29. The number of aryl methyl sites for hydroxylation is 1. The highest BCUT2D eigenvalue weighted by molar-refractivity contribution is 8.00. The van der Waals surface area contributed by atoms with Crippen molar-refractivity contribution in [2.45, 2.75) is 69.7 Å². The van der Waals surface area contributed by atoms with Crippen LogP contribution in [0.1, 0.15) is 68.0 Å². The predicted octanol–water partition coefficient (Wildman–Crippen LogP) is 7.91. The van der Waals surface area contributed by atoms with E-state index in [4.69, 9.17) is 14.2 Å². The first kappa shape index (κ1) is 33.5.